The molecule has 7 heteroatoms. The van der Waals surface area contributed by atoms with Gasteiger partial charge in [0.05, 0.1) is 14.2 Å². The van der Waals surface area contributed by atoms with Crippen LogP contribution in [0, 0.1) is 5.82 Å². The average molecular weight is 408 g/mol. The Bertz CT molecular complexity index is 941. The normalized spacial score (nSPS) is 10.4. The highest BCUT2D eigenvalue weighted by atomic mass is 19.1. The molecule has 0 atom stereocenters. The molecular formula is C23H21FN2O4. The highest BCUT2D eigenvalue weighted by Crippen LogP contribution is 2.17. The van der Waals surface area contributed by atoms with Gasteiger partial charge in [-0.25, -0.2) is 4.39 Å². The monoisotopic (exact) mass is 408 g/mol. The Kier molecular flexibility index (Phi) is 6.64. The van der Waals surface area contributed by atoms with E-state index in [2.05, 4.69) is 10.6 Å². The topological polar surface area (TPSA) is 76.7 Å². The first-order valence-electron chi connectivity index (χ1n) is 9.15. The summed E-state index contributed by atoms with van der Waals surface area (Å²) in [6.45, 7) is 0. The molecular weight excluding hydrogens is 387 g/mol. The number of hydrogen-bond acceptors (Lipinski definition) is 4. The maximum Gasteiger partial charge on any atom is 0.253 e. The Morgan fingerprint density at radius 2 is 1.10 bits per heavy atom. The molecule has 0 saturated heterocycles. The number of carbonyl (C=O) groups is 2. The molecule has 0 aliphatic carbocycles. The van der Waals surface area contributed by atoms with E-state index < -0.39 is 23.8 Å². The molecule has 0 aliphatic rings. The highest BCUT2D eigenvalue weighted by Gasteiger charge is 2.19. The third kappa shape index (κ3) is 5.14. The van der Waals surface area contributed by atoms with Crippen LogP contribution in [0.15, 0.2) is 72.8 Å². The molecule has 3 aromatic carbocycles. The summed E-state index contributed by atoms with van der Waals surface area (Å²) < 4.78 is 23.5. The molecule has 0 unspecified atom stereocenters. The van der Waals surface area contributed by atoms with Gasteiger partial charge in [0, 0.05) is 11.1 Å². The molecule has 0 fully saturated rings. The molecule has 0 heterocycles. The number of ether oxygens (including phenoxy) is 2. The lowest BCUT2D eigenvalue weighted by molar-refractivity contribution is 0.0883. The number of methoxy groups -OCH3 is 2. The molecule has 0 aliphatic heterocycles. The van der Waals surface area contributed by atoms with Crippen LogP contribution in [0.3, 0.4) is 0 Å². The van der Waals surface area contributed by atoms with Gasteiger partial charge in [-0.1, -0.05) is 12.1 Å². The molecule has 0 saturated carbocycles. The van der Waals surface area contributed by atoms with Crippen molar-refractivity contribution in [2.24, 2.45) is 0 Å². The van der Waals surface area contributed by atoms with Crippen LogP contribution in [-0.2, 0) is 0 Å². The molecule has 3 aromatic rings. The Morgan fingerprint density at radius 1 is 0.700 bits per heavy atom. The zero-order valence-electron chi connectivity index (χ0n) is 16.5. The Hall–Kier alpha value is -3.87. The number of rotatable bonds is 7. The van der Waals surface area contributed by atoms with E-state index in [-0.39, 0.29) is 0 Å². The minimum atomic E-state index is -0.866. The Morgan fingerprint density at radius 3 is 1.47 bits per heavy atom. The summed E-state index contributed by atoms with van der Waals surface area (Å²) in [6.07, 6.45) is -0.866. The van der Waals surface area contributed by atoms with E-state index in [1.165, 1.54) is 38.5 Å². The zero-order chi connectivity index (χ0) is 21.5. The second-order valence-electron chi connectivity index (χ2n) is 6.39. The minimum absolute atomic E-state index is 0.390. The Balaban J connectivity index is 1.81. The molecule has 0 radical (unpaired) electrons. The standard InChI is InChI=1S/C23H21FN2O4/c1-29-19-11-5-16(6-12-19)22(27)25-21(15-3-9-18(24)10-4-15)26-23(28)17-7-13-20(30-2)14-8-17/h3-14,21H,1-2H3,(H,25,27)(H,26,28). The first-order chi connectivity index (χ1) is 14.5. The van der Waals surface area contributed by atoms with Gasteiger partial charge in [0.1, 0.15) is 23.5 Å². The summed E-state index contributed by atoms with van der Waals surface area (Å²) >= 11 is 0. The maximum absolute atomic E-state index is 13.3. The van der Waals surface area contributed by atoms with E-state index in [1.54, 1.807) is 48.5 Å². The average Bonchev–Trinajstić information content (AvgIpc) is 2.79. The van der Waals surface area contributed by atoms with Crippen molar-refractivity contribution in [1.82, 2.24) is 10.6 Å². The van der Waals surface area contributed by atoms with Crippen molar-refractivity contribution in [3.63, 3.8) is 0 Å². The number of nitrogens with one attached hydrogen (secondary N) is 2. The van der Waals surface area contributed by atoms with Gasteiger partial charge < -0.3 is 20.1 Å². The van der Waals surface area contributed by atoms with Gasteiger partial charge in [0.15, 0.2) is 0 Å². The van der Waals surface area contributed by atoms with Crippen LogP contribution in [-0.4, -0.2) is 26.0 Å². The van der Waals surface area contributed by atoms with Crippen molar-refractivity contribution in [2.45, 2.75) is 6.17 Å². The van der Waals surface area contributed by atoms with E-state index in [4.69, 9.17) is 9.47 Å². The molecule has 30 heavy (non-hydrogen) atoms. The maximum atomic E-state index is 13.3. The first-order valence-corrected chi connectivity index (χ1v) is 9.15. The smallest absolute Gasteiger partial charge is 0.253 e. The van der Waals surface area contributed by atoms with Crippen LogP contribution in [0.4, 0.5) is 4.39 Å². The molecule has 0 bridgehead atoms. The predicted molar refractivity (Wildman–Crippen MR) is 110 cm³/mol. The van der Waals surface area contributed by atoms with Crippen molar-refractivity contribution in [3.8, 4) is 11.5 Å². The molecule has 0 spiro atoms. The number of hydrogen-bond donors (Lipinski definition) is 2. The fourth-order valence-corrected chi connectivity index (χ4v) is 2.77. The summed E-state index contributed by atoms with van der Waals surface area (Å²) in [7, 11) is 3.07. The quantitative estimate of drug-likeness (QED) is 0.585. The van der Waals surface area contributed by atoms with E-state index >= 15 is 0 Å². The van der Waals surface area contributed by atoms with Gasteiger partial charge in [0.2, 0.25) is 0 Å². The van der Waals surface area contributed by atoms with E-state index in [0.717, 1.165) is 0 Å². The Labute approximate surface area is 173 Å². The van der Waals surface area contributed by atoms with Crippen LogP contribution in [0.1, 0.15) is 32.4 Å². The lowest BCUT2D eigenvalue weighted by Crippen LogP contribution is -2.41. The number of benzene rings is 3. The molecule has 6 nitrogen and oxygen atoms in total. The third-order valence-electron chi connectivity index (χ3n) is 4.46. The van der Waals surface area contributed by atoms with Crippen molar-refractivity contribution >= 4 is 11.8 Å². The SMILES string of the molecule is COc1ccc(C(=O)NC(NC(=O)c2ccc(OC)cc2)c2ccc(F)cc2)cc1. The summed E-state index contributed by atoms with van der Waals surface area (Å²) in [5, 5.41) is 5.54. The van der Waals surface area contributed by atoms with Crippen molar-refractivity contribution < 1.29 is 23.5 Å². The van der Waals surface area contributed by atoms with E-state index in [1.807, 2.05) is 0 Å². The van der Waals surface area contributed by atoms with Gasteiger partial charge in [0.25, 0.3) is 11.8 Å². The largest absolute Gasteiger partial charge is 0.497 e. The summed E-state index contributed by atoms with van der Waals surface area (Å²) in [6, 6.07) is 18.6. The lowest BCUT2D eigenvalue weighted by Gasteiger charge is -2.21. The van der Waals surface area contributed by atoms with Gasteiger partial charge in [-0.15, -0.1) is 0 Å². The summed E-state index contributed by atoms with van der Waals surface area (Å²) in [4.78, 5) is 25.4. The van der Waals surface area contributed by atoms with Gasteiger partial charge in [-0.2, -0.15) is 0 Å². The van der Waals surface area contributed by atoms with E-state index in [0.29, 0.717) is 28.2 Å². The number of amides is 2. The van der Waals surface area contributed by atoms with Gasteiger partial charge >= 0.3 is 0 Å². The fraction of sp³-hybridized carbons (Fsp3) is 0.130. The van der Waals surface area contributed by atoms with Crippen LogP contribution in [0.2, 0.25) is 0 Å². The van der Waals surface area contributed by atoms with Crippen molar-refractivity contribution in [3.05, 3.63) is 95.3 Å². The molecule has 0 aromatic heterocycles. The van der Waals surface area contributed by atoms with Gasteiger partial charge in [-0.05, 0) is 66.2 Å². The number of halogens is 1. The predicted octanol–water partition coefficient (Wildman–Crippen LogP) is 3.70. The second-order valence-corrected chi connectivity index (χ2v) is 6.39. The molecule has 3 rings (SSSR count). The molecule has 2 N–H and O–H groups in total. The van der Waals surface area contributed by atoms with Gasteiger partial charge in [-0.3, -0.25) is 9.59 Å². The fourth-order valence-electron chi connectivity index (χ4n) is 2.77. The molecule has 2 amide bonds. The lowest BCUT2D eigenvalue weighted by atomic mass is 10.1. The molecule has 154 valence electrons. The minimum Gasteiger partial charge on any atom is -0.497 e. The van der Waals surface area contributed by atoms with Crippen molar-refractivity contribution in [2.75, 3.05) is 14.2 Å². The van der Waals surface area contributed by atoms with Crippen LogP contribution in [0.25, 0.3) is 0 Å². The highest BCUT2D eigenvalue weighted by molar-refractivity contribution is 5.97. The van der Waals surface area contributed by atoms with Crippen LogP contribution < -0.4 is 20.1 Å². The van der Waals surface area contributed by atoms with Crippen LogP contribution >= 0.6 is 0 Å². The van der Waals surface area contributed by atoms with Crippen LogP contribution in [0.5, 0.6) is 11.5 Å². The summed E-state index contributed by atoms with van der Waals surface area (Å²) in [5.74, 6) is 0.0216. The number of carbonyl (C=O) groups excluding carboxylic acids is 2. The zero-order valence-corrected chi connectivity index (χ0v) is 16.5. The third-order valence-corrected chi connectivity index (χ3v) is 4.46. The van der Waals surface area contributed by atoms with Crippen molar-refractivity contribution in [1.29, 1.82) is 0 Å². The summed E-state index contributed by atoms with van der Waals surface area (Å²) in [5.41, 5.74) is 1.31. The second kappa shape index (κ2) is 9.56. The first kappa shape index (κ1) is 20.9. The van der Waals surface area contributed by atoms with E-state index in [9.17, 15) is 14.0 Å².